The second-order valence-electron chi connectivity index (χ2n) is 5.94. The van der Waals surface area contributed by atoms with Crippen LogP contribution in [0.5, 0.6) is 0 Å². The molecule has 3 aromatic rings. The molecular weight excluding hydrogens is 368 g/mol. The zero-order chi connectivity index (χ0) is 20.6. The van der Waals surface area contributed by atoms with Gasteiger partial charge in [0.1, 0.15) is 0 Å². The van der Waals surface area contributed by atoms with Gasteiger partial charge in [-0.2, -0.15) is 4.98 Å². The number of nitrogen functional groups attached to an aromatic ring is 1. The molecule has 3 rings (SSSR count). The van der Waals surface area contributed by atoms with Gasteiger partial charge < -0.3 is 21.3 Å². The first-order valence-electron chi connectivity index (χ1n) is 8.73. The van der Waals surface area contributed by atoms with Crippen molar-refractivity contribution in [3.63, 3.8) is 0 Å². The van der Waals surface area contributed by atoms with Crippen LogP contribution in [-0.2, 0) is 0 Å². The first-order valence-corrected chi connectivity index (χ1v) is 8.73. The van der Waals surface area contributed by atoms with E-state index in [1.54, 1.807) is 37.3 Å². The monoisotopic (exact) mass is 390 g/mol. The van der Waals surface area contributed by atoms with E-state index >= 15 is 0 Å². The maximum absolute atomic E-state index is 5.68. The Hall–Kier alpha value is -4.21. The summed E-state index contributed by atoms with van der Waals surface area (Å²) in [5.41, 5.74) is 8.74. The number of anilines is 5. The molecule has 0 fully saturated rings. The minimum Gasteiger partial charge on any atom is -0.399 e. The largest absolute Gasteiger partial charge is 0.399 e. The summed E-state index contributed by atoms with van der Waals surface area (Å²) in [7, 11) is 3.45. The molecule has 1 heterocycles. The summed E-state index contributed by atoms with van der Waals surface area (Å²) < 4.78 is 0. The van der Waals surface area contributed by atoms with Gasteiger partial charge in [0.05, 0.1) is 5.69 Å². The SMILES string of the molecule is C=CN(C)C(N=Nc1ccc(Nc2nc(Nc3ccc(N)cc3)n[nH]2)cc1)=NC. The van der Waals surface area contributed by atoms with Crippen molar-refractivity contribution in [2.24, 2.45) is 15.2 Å². The van der Waals surface area contributed by atoms with Crippen LogP contribution in [-0.4, -0.2) is 40.1 Å². The summed E-state index contributed by atoms with van der Waals surface area (Å²) in [5, 5.41) is 21.5. The molecule has 148 valence electrons. The number of nitrogens with one attached hydrogen (secondary N) is 3. The molecule has 0 aliphatic heterocycles. The Morgan fingerprint density at radius 2 is 1.76 bits per heavy atom. The molecule has 5 N–H and O–H groups in total. The molecule has 0 spiro atoms. The Morgan fingerprint density at radius 1 is 1.10 bits per heavy atom. The smallest absolute Gasteiger partial charge is 0.248 e. The summed E-state index contributed by atoms with van der Waals surface area (Å²) in [4.78, 5) is 10.1. The standard InChI is InChI=1S/C19H22N10/c1-4-29(3)19(21-2)28-25-16-11-9-15(10-12-16)23-18-24-17(26-27-18)22-14-7-5-13(20)6-8-14/h4-12H,1,20H2,2-3H3,(H3,22,23,24,26,27). The normalized spacial score (nSPS) is 11.4. The topological polar surface area (TPSA) is 132 Å². The van der Waals surface area contributed by atoms with Crippen LogP contribution in [0.3, 0.4) is 0 Å². The first kappa shape index (κ1) is 19.5. The van der Waals surface area contributed by atoms with Gasteiger partial charge in [0, 0.05) is 31.2 Å². The third-order valence-electron chi connectivity index (χ3n) is 3.83. The molecule has 0 aliphatic rings. The van der Waals surface area contributed by atoms with Gasteiger partial charge >= 0.3 is 0 Å². The number of hydrogen-bond acceptors (Lipinski definition) is 7. The molecule has 0 amide bonds. The fourth-order valence-corrected chi connectivity index (χ4v) is 2.27. The van der Waals surface area contributed by atoms with E-state index in [9.17, 15) is 0 Å². The van der Waals surface area contributed by atoms with E-state index in [4.69, 9.17) is 5.73 Å². The summed E-state index contributed by atoms with van der Waals surface area (Å²) in [6.07, 6.45) is 1.61. The average Bonchev–Trinajstić information content (AvgIpc) is 3.17. The van der Waals surface area contributed by atoms with Gasteiger partial charge in [-0.15, -0.1) is 15.3 Å². The third kappa shape index (κ3) is 5.39. The summed E-state index contributed by atoms with van der Waals surface area (Å²) in [6, 6.07) is 14.7. The second kappa shape index (κ2) is 9.13. The van der Waals surface area contributed by atoms with Crippen molar-refractivity contribution < 1.29 is 0 Å². The lowest BCUT2D eigenvalue weighted by molar-refractivity contribution is 0.674. The van der Waals surface area contributed by atoms with E-state index in [2.05, 4.69) is 47.6 Å². The molecule has 1 aromatic heterocycles. The van der Waals surface area contributed by atoms with Crippen molar-refractivity contribution in [3.8, 4) is 0 Å². The number of guanidine groups is 1. The Labute approximate surface area is 168 Å². The number of aromatic nitrogens is 3. The minimum absolute atomic E-state index is 0.445. The number of azo groups is 1. The lowest BCUT2D eigenvalue weighted by Crippen LogP contribution is -2.17. The molecule has 10 nitrogen and oxygen atoms in total. The fraction of sp³-hybridized carbons (Fsp3) is 0.105. The van der Waals surface area contributed by atoms with Gasteiger partial charge in [-0.3, -0.25) is 4.99 Å². The van der Waals surface area contributed by atoms with Crippen LogP contribution >= 0.6 is 0 Å². The maximum atomic E-state index is 5.68. The molecule has 29 heavy (non-hydrogen) atoms. The van der Waals surface area contributed by atoms with Gasteiger partial charge in [0.15, 0.2) is 0 Å². The Bertz CT molecular complexity index is 1000. The molecule has 0 bridgehead atoms. The number of aliphatic imine (C=N–C) groups is 1. The van der Waals surface area contributed by atoms with Crippen molar-refractivity contribution in [1.82, 2.24) is 20.1 Å². The molecule has 10 heteroatoms. The number of hydrogen-bond donors (Lipinski definition) is 4. The summed E-state index contributed by atoms with van der Waals surface area (Å²) in [6.45, 7) is 3.68. The lowest BCUT2D eigenvalue weighted by Gasteiger charge is -2.09. The number of H-pyrrole nitrogens is 1. The summed E-state index contributed by atoms with van der Waals surface area (Å²) in [5.74, 6) is 1.41. The van der Waals surface area contributed by atoms with Crippen molar-refractivity contribution in [2.75, 3.05) is 30.5 Å². The number of aromatic amines is 1. The number of nitrogens with zero attached hydrogens (tertiary/aromatic N) is 6. The van der Waals surface area contributed by atoms with Crippen LogP contribution in [0.1, 0.15) is 0 Å². The maximum Gasteiger partial charge on any atom is 0.248 e. The lowest BCUT2D eigenvalue weighted by atomic mass is 10.3. The highest BCUT2D eigenvalue weighted by molar-refractivity contribution is 5.81. The van der Waals surface area contributed by atoms with Crippen molar-refractivity contribution in [3.05, 3.63) is 61.3 Å². The fourth-order valence-electron chi connectivity index (χ4n) is 2.27. The number of nitrogens with two attached hydrogens (primary N) is 1. The molecule has 0 radical (unpaired) electrons. The Morgan fingerprint density at radius 3 is 2.41 bits per heavy atom. The molecule has 2 aromatic carbocycles. The van der Waals surface area contributed by atoms with Crippen molar-refractivity contribution in [1.29, 1.82) is 0 Å². The van der Waals surface area contributed by atoms with Crippen LogP contribution in [0.25, 0.3) is 0 Å². The molecular formula is C19H22N10. The van der Waals surface area contributed by atoms with Crippen LogP contribution in [0, 0.1) is 0 Å². The van der Waals surface area contributed by atoms with Crippen LogP contribution in [0.4, 0.5) is 34.6 Å². The molecule has 0 atom stereocenters. The van der Waals surface area contributed by atoms with Crippen LogP contribution in [0.2, 0.25) is 0 Å². The van der Waals surface area contributed by atoms with E-state index < -0.39 is 0 Å². The van der Waals surface area contributed by atoms with Gasteiger partial charge in [-0.1, -0.05) is 6.58 Å². The highest BCUT2D eigenvalue weighted by Crippen LogP contribution is 2.20. The zero-order valence-electron chi connectivity index (χ0n) is 16.2. The minimum atomic E-state index is 0.445. The van der Waals surface area contributed by atoms with Gasteiger partial charge in [0.25, 0.3) is 0 Å². The number of rotatable bonds is 6. The molecule has 0 aliphatic carbocycles. The highest BCUT2D eigenvalue weighted by atomic mass is 15.3. The van der Waals surface area contributed by atoms with E-state index in [1.165, 1.54) is 0 Å². The predicted molar refractivity (Wildman–Crippen MR) is 116 cm³/mol. The quantitative estimate of drug-likeness (QED) is 0.217. The highest BCUT2D eigenvalue weighted by Gasteiger charge is 2.04. The molecule has 0 unspecified atom stereocenters. The van der Waals surface area contributed by atoms with Crippen molar-refractivity contribution in [2.45, 2.75) is 0 Å². The summed E-state index contributed by atoms with van der Waals surface area (Å²) >= 11 is 0. The van der Waals surface area contributed by atoms with Crippen LogP contribution < -0.4 is 16.4 Å². The van der Waals surface area contributed by atoms with E-state index in [1.807, 2.05) is 36.4 Å². The van der Waals surface area contributed by atoms with Gasteiger partial charge in [0.2, 0.25) is 17.9 Å². The Balaban J connectivity index is 1.60. The first-order chi connectivity index (χ1) is 14.1. The molecule has 0 saturated heterocycles. The zero-order valence-corrected chi connectivity index (χ0v) is 16.2. The number of benzene rings is 2. The molecule has 0 saturated carbocycles. The van der Waals surface area contributed by atoms with Gasteiger partial charge in [-0.25, -0.2) is 5.10 Å². The van der Waals surface area contributed by atoms with E-state index in [0.717, 1.165) is 11.4 Å². The van der Waals surface area contributed by atoms with Gasteiger partial charge in [-0.05, 0) is 54.7 Å². The van der Waals surface area contributed by atoms with Crippen LogP contribution in [0.15, 0.2) is 76.5 Å². The van der Waals surface area contributed by atoms with E-state index in [0.29, 0.717) is 29.2 Å². The van der Waals surface area contributed by atoms with Crippen molar-refractivity contribution >= 4 is 40.6 Å². The predicted octanol–water partition coefficient (Wildman–Crippen LogP) is 4.02. The Kier molecular flexibility index (Phi) is 6.15. The second-order valence-corrected chi connectivity index (χ2v) is 5.94. The average molecular weight is 390 g/mol. The third-order valence-corrected chi connectivity index (χ3v) is 3.83. The van der Waals surface area contributed by atoms with E-state index in [-0.39, 0.29) is 0 Å².